The monoisotopic (exact) mass is 312 g/mol. The van der Waals surface area contributed by atoms with Gasteiger partial charge in [0.2, 0.25) is 0 Å². The van der Waals surface area contributed by atoms with Gasteiger partial charge in [-0.15, -0.1) is 0 Å². The maximum absolute atomic E-state index is 3.95. The van der Waals surface area contributed by atoms with Gasteiger partial charge in [0.15, 0.2) is 0 Å². The predicted molar refractivity (Wildman–Crippen MR) is 82.1 cm³/mol. The van der Waals surface area contributed by atoms with E-state index < -0.39 is 0 Å². The molecule has 0 saturated heterocycles. The van der Waals surface area contributed by atoms with E-state index in [1.807, 2.05) is 17.8 Å². The molecule has 1 aromatic carbocycles. The van der Waals surface area contributed by atoms with Crippen molar-refractivity contribution in [1.82, 2.24) is 0 Å². The molecule has 2 heteroatoms. The maximum atomic E-state index is 3.95. The molecule has 0 bridgehead atoms. The number of benzene rings is 1. The van der Waals surface area contributed by atoms with Gasteiger partial charge in [0, 0.05) is 0 Å². The van der Waals surface area contributed by atoms with Crippen molar-refractivity contribution in [2.45, 2.75) is 32.1 Å². The molecule has 1 aromatic rings. The number of allylic oxidation sites excluding steroid dienone is 1. The number of rotatable bonds is 8. The van der Waals surface area contributed by atoms with Crippen LogP contribution in [0.2, 0.25) is 0 Å². The Balaban J connectivity index is 2.47. The summed E-state index contributed by atoms with van der Waals surface area (Å²) < 4.78 is 1.40. The summed E-state index contributed by atoms with van der Waals surface area (Å²) in [5.74, 6) is 1.65. The van der Waals surface area contributed by atoms with Crippen LogP contribution in [0.5, 0.6) is 0 Å². The van der Waals surface area contributed by atoms with Crippen LogP contribution in [0, 0.1) is 0 Å². The Morgan fingerprint density at radius 3 is 2.71 bits per heavy atom. The van der Waals surface area contributed by atoms with Crippen LogP contribution in [0.25, 0.3) is 0 Å². The van der Waals surface area contributed by atoms with Gasteiger partial charge in [-0.2, -0.15) is 0 Å². The van der Waals surface area contributed by atoms with Gasteiger partial charge in [-0.05, 0) is 0 Å². The summed E-state index contributed by atoms with van der Waals surface area (Å²) in [7, 11) is 0. The molecule has 1 atom stereocenters. The fraction of sp³-hybridized carbons (Fsp3) is 0.400. The third-order valence-electron chi connectivity index (χ3n) is 2.66. The Morgan fingerprint density at radius 1 is 1.41 bits per heavy atom. The van der Waals surface area contributed by atoms with Crippen LogP contribution in [0.4, 0.5) is 0 Å². The first kappa shape index (κ1) is 14.8. The molecule has 0 saturated carbocycles. The average Bonchev–Trinajstić information content (AvgIpc) is 2.37. The van der Waals surface area contributed by atoms with E-state index in [4.69, 9.17) is 0 Å². The topological polar surface area (TPSA) is 0 Å². The molecule has 0 nitrogen and oxygen atoms in total. The third kappa shape index (κ3) is 5.72. The van der Waals surface area contributed by atoms with Crippen molar-refractivity contribution >= 4 is 31.1 Å². The van der Waals surface area contributed by atoms with Crippen LogP contribution >= 0.6 is 11.8 Å². The molecule has 0 amide bonds. The Hall–Kier alpha value is -0.301. The van der Waals surface area contributed by atoms with Gasteiger partial charge in [-0.25, -0.2) is 0 Å². The summed E-state index contributed by atoms with van der Waals surface area (Å²) >= 11 is 5.16. The summed E-state index contributed by atoms with van der Waals surface area (Å²) in [5.41, 5.74) is 1.35. The van der Waals surface area contributed by atoms with E-state index in [9.17, 15) is 0 Å². The zero-order valence-electron chi connectivity index (χ0n) is 10.4. The molecular formula is C15H20SSe. The summed E-state index contributed by atoms with van der Waals surface area (Å²) in [4.78, 5) is 0. The summed E-state index contributed by atoms with van der Waals surface area (Å²) in [6.07, 6.45) is 5.67. The Morgan fingerprint density at radius 2 is 2.12 bits per heavy atom. The average molecular weight is 311 g/mol. The van der Waals surface area contributed by atoms with Crippen LogP contribution in [-0.2, 0) is 0 Å². The second-order valence-corrected chi connectivity index (χ2v) is 6.84. The minimum absolute atomic E-state index is 0.432. The fourth-order valence-electron chi connectivity index (χ4n) is 1.61. The first-order valence-electron chi connectivity index (χ1n) is 6.11. The molecule has 1 unspecified atom stereocenters. The van der Waals surface area contributed by atoms with Crippen LogP contribution in [-0.4, -0.2) is 25.1 Å². The quantitative estimate of drug-likeness (QED) is 0.394. The summed E-state index contributed by atoms with van der Waals surface area (Å²) in [6, 6.07) is 10.6. The van der Waals surface area contributed by atoms with Crippen molar-refractivity contribution in [2.24, 2.45) is 0 Å². The van der Waals surface area contributed by atoms with Gasteiger partial charge in [-0.1, -0.05) is 0 Å². The molecule has 0 aliphatic heterocycles. The first-order valence-corrected chi connectivity index (χ1v) is 7.95. The molecule has 0 aliphatic rings. The van der Waals surface area contributed by atoms with Crippen molar-refractivity contribution in [2.75, 3.05) is 5.75 Å². The second kappa shape index (κ2) is 8.74. The van der Waals surface area contributed by atoms with Crippen molar-refractivity contribution < 1.29 is 0 Å². The summed E-state index contributed by atoms with van der Waals surface area (Å²) in [5, 5.41) is 0. The second-order valence-electron chi connectivity index (χ2n) is 4.03. The van der Waals surface area contributed by atoms with E-state index in [-0.39, 0.29) is 0 Å². The van der Waals surface area contributed by atoms with Crippen molar-refractivity contribution in [3.05, 3.63) is 48.6 Å². The SMILES string of the molecule is C=CC(CC(=[Se])SCCCC)c1ccccc1. The number of unbranched alkanes of at least 4 members (excludes halogenated alkanes) is 1. The van der Waals surface area contributed by atoms with Crippen LogP contribution in [0.3, 0.4) is 0 Å². The number of hydrogen-bond acceptors (Lipinski definition) is 1. The molecule has 0 fully saturated rings. The first-order chi connectivity index (χ1) is 8.27. The van der Waals surface area contributed by atoms with Gasteiger partial charge >= 0.3 is 117 Å². The van der Waals surface area contributed by atoms with Crippen molar-refractivity contribution in [3.8, 4) is 0 Å². The zero-order chi connectivity index (χ0) is 12.5. The van der Waals surface area contributed by atoms with Crippen molar-refractivity contribution in [1.29, 1.82) is 0 Å². The molecule has 0 heterocycles. The zero-order valence-corrected chi connectivity index (χ0v) is 12.9. The number of hydrogen-bond donors (Lipinski definition) is 0. The van der Waals surface area contributed by atoms with Gasteiger partial charge in [-0.3, -0.25) is 0 Å². The van der Waals surface area contributed by atoms with Gasteiger partial charge in [0.25, 0.3) is 0 Å². The predicted octanol–water partition coefficient (Wildman–Crippen LogP) is 4.18. The van der Waals surface area contributed by atoms with E-state index >= 15 is 0 Å². The van der Waals surface area contributed by atoms with E-state index in [1.165, 1.54) is 27.9 Å². The molecule has 92 valence electrons. The summed E-state index contributed by atoms with van der Waals surface area (Å²) in [6.45, 7) is 6.18. The molecule has 0 aromatic heterocycles. The van der Waals surface area contributed by atoms with Gasteiger partial charge in [0.05, 0.1) is 0 Å². The Kier molecular flexibility index (Phi) is 7.59. The van der Waals surface area contributed by atoms with Crippen LogP contribution in [0.15, 0.2) is 43.0 Å². The minimum atomic E-state index is 0.432. The third-order valence-corrected chi connectivity index (χ3v) is 4.73. The Bertz CT molecular complexity index is 345. The van der Waals surface area contributed by atoms with Crippen LogP contribution in [0.1, 0.15) is 37.7 Å². The van der Waals surface area contributed by atoms with Crippen molar-refractivity contribution in [3.63, 3.8) is 0 Å². The standard InChI is InChI=1S/C15H20SSe/c1-3-5-11-16-15(17)12-13(4-2)14-9-7-6-8-10-14/h4,6-10,13H,2-3,5,11-12H2,1H3. The molecule has 17 heavy (non-hydrogen) atoms. The van der Waals surface area contributed by atoms with E-state index in [1.54, 1.807) is 0 Å². The number of thioether (sulfide) groups is 1. The van der Waals surface area contributed by atoms with Gasteiger partial charge in [0.1, 0.15) is 0 Å². The van der Waals surface area contributed by atoms with Gasteiger partial charge < -0.3 is 0 Å². The molecule has 0 N–H and O–H groups in total. The van der Waals surface area contributed by atoms with E-state index in [0.717, 1.165) is 6.42 Å². The van der Waals surface area contributed by atoms with E-state index in [2.05, 4.69) is 59.4 Å². The van der Waals surface area contributed by atoms with E-state index in [0.29, 0.717) is 5.92 Å². The molecule has 0 aliphatic carbocycles. The molecular weight excluding hydrogens is 291 g/mol. The normalized spacial score (nSPS) is 12.1. The molecule has 1 rings (SSSR count). The van der Waals surface area contributed by atoms with Crippen LogP contribution < -0.4 is 0 Å². The molecule has 0 radical (unpaired) electrons. The fourth-order valence-corrected chi connectivity index (χ4v) is 3.47. The molecule has 0 spiro atoms. The Labute approximate surface area is 117 Å².